The summed E-state index contributed by atoms with van der Waals surface area (Å²) >= 11 is 10.7. The molecule has 1 aromatic rings. The van der Waals surface area contributed by atoms with Gasteiger partial charge in [-0.2, -0.15) is 0 Å². The number of carbonyl (C=O) groups is 1. The molecule has 1 atom stereocenters. The van der Waals surface area contributed by atoms with Crippen molar-refractivity contribution < 1.29 is 4.79 Å². The molecule has 0 aliphatic heterocycles. The van der Waals surface area contributed by atoms with E-state index in [0.29, 0.717) is 29.8 Å². The van der Waals surface area contributed by atoms with E-state index in [0.717, 1.165) is 12.1 Å². The van der Waals surface area contributed by atoms with Crippen molar-refractivity contribution in [3.05, 3.63) is 29.8 Å². The molecule has 0 bridgehead atoms. The third-order valence-electron chi connectivity index (χ3n) is 3.14. The molecule has 0 fully saturated rings. The summed E-state index contributed by atoms with van der Waals surface area (Å²) in [4.78, 5) is 11.6. The highest BCUT2D eigenvalue weighted by Crippen LogP contribution is 2.26. The van der Waals surface area contributed by atoms with Crippen LogP contribution >= 0.6 is 23.8 Å². The second kappa shape index (κ2) is 8.93. The zero-order valence-electron chi connectivity index (χ0n) is 11.9. The molecule has 1 aromatic carbocycles. The van der Waals surface area contributed by atoms with Crippen LogP contribution in [0.25, 0.3) is 0 Å². The monoisotopic (exact) mass is 312 g/mol. The molecule has 1 rings (SSSR count). The average Bonchev–Trinajstić information content (AvgIpc) is 2.44. The Hall–Kier alpha value is -1.13. The topological polar surface area (TPSA) is 41.1 Å². The van der Waals surface area contributed by atoms with Crippen LogP contribution in [0.3, 0.4) is 0 Å². The lowest BCUT2D eigenvalue weighted by molar-refractivity contribution is -0.119. The number of nitrogens with one attached hydrogen (secondary N) is 2. The van der Waals surface area contributed by atoms with E-state index in [2.05, 4.69) is 30.5 Å². The van der Waals surface area contributed by atoms with Crippen LogP contribution in [0.2, 0.25) is 0 Å². The lowest BCUT2D eigenvalue weighted by Gasteiger charge is -2.17. The molecule has 0 heterocycles. The Bertz CT molecular complexity index is 465. The number of benzene rings is 1. The number of halogens is 1. The first-order chi connectivity index (χ1) is 9.58. The molecule has 0 saturated heterocycles. The van der Waals surface area contributed by atoms with Crippen molar-refractivity contribution in [1.29, 1.82) is 0 Å². The molecule has 0 saturated carbocycles. The van der Waals surface area contributed by atoms with Crippen molar-refractivity contribution in [2.45, 2.75) is 39.0 Å². The summed E-state index contributed by atoms with van der Waals surface area (Å²) in [6.45, 7) is 4.32. The molecule has 0 aliphatic rings. The van der Waals surface area contributed by atoms with Gasteiger partial charge in [-0.3, -0.25) is 4.79 Å². The number of anilines is 1. The van der Waals surface area contributed by atoms with Gasteiger partial charge in [-0.25, -0.2) is 0 Å². The van der Waals surface area contributed by atoms with Gasteiger partial charge in [-0.05, 0) is 42.6 Å². The molecule has 1 unspecified atom stereocenters. The highest BCUT2D eigenvalue weighted by molar-refractivity contribution is 7.80. The fourth-order valence-corrected chi connectivity index (χ4v) is 2.19. The van der Waals surface area contributed by atoms with Gasteiger partial charge in [0.25, 0.3) is 0 Å². The van der Waals surface area contributed by atoms with Crippen LogP contribution in [0.1, 0.15) is 44.6 Å². The molecule has 3 nitrogen and oxygen atoms in total. The summed E-state index contributed by atoms with van der Waals surface area (Å²) in [6, 6.07) is 8.01. The molecule has 110 valence electrons. The Balaban J connectivity index is 2.64. The van der Waals surface area contributed by atoms with Crippen molar-refractivity contribution >= 4 is 40.5 Å². The summed E-state index contributed by atoms with van der Waals surface area (Å²) in [5.41, 5.74) is 2.15. The minimum Gasteiger partial charge on any atom is -0.332 e. The van der Waals surface area contributed by atoms with Crippen LogP contribution in [-0.2, 0) is 4.79 Å². The van der Waals surface area contributed by atoms with E-state index >= 15 is 0 Å². The minimum absolute atomic E-state index is 0.107. The zero-order valence-corrected chi connectivity index (χ0v) is 13.5. The number of thiocarbonyl (C=S) groups is 1. The Labute approximate surface area is 131 Å². The smallest absolute Gasteiger partial charge is 0.226 e. The van der Waals surface area contributed by atoms with Gasteiger partial charge >= 0.3 is 0 Å². The third kappa shape index (κ3) is 5.47. The Morgan fingerprint density at radius 2 is 2.10 bits per heavy atom. The van der Waals surface area contributed by atoms with E-state index in [-0.39, 0.29) is 5.91 Å². The molecule has 0 spiro atoms. The molecule has 20 heavy (non-hydrogen) atoms. The van der Waals surface area contributed by atoms with Gasteiger partial charge in [0.2, 0.25) is 5.91 Å². The minimum atomic E-state index is -0.107. The van der Waals surface area contributed by atoms with Crippen molar-refractivity contribution in [2.24, 2.45) is 0 Å². The Kier molecular flexibility index (Phi) is 7.55. The quantitative estimate of drug-likeness (QED) is 0.615. The van der Waals surface area contributed by atoms with Crippen LogP contribution in [0.4, 0.5) is 5.69 Å². The van der Waals surface area contributed by atoms with Gasteiger partial charge in [0, 0.05) is 18.0 Å². The largest absolute Gasteiger partial charge is 0.332 e. The summed E-state index contributed by atoms with van der Waals surface area (Å²) in [5.74, 6) is 0.808. The number of hydrogen-bond donors (Lipinski definition) is 2. The molecular weight excluding hydrogens is 292 g/mol. The van der Waals surface area contributed by atoms with E-state index in [1.54, 1.807) is 0 Å². The number of rotatable bonds is 6. The van der Waals surface area contributed by atoms with Gasteiger partial charge in [-0.15, -0.1) is 11.6 Å². The van der Waals surface area contributed by atoms with E-state index in [1.165, 1.54) is 5.56 Å². The standard InChI is InChI=1S/C15H21ClN2OS/c1-3-11(2)12-7-4-5-8-13(12)17-15(20)18-14(19)9-6-10-16/h4-5,7-8,11H,3,6,9-10H2,1-2H3,(H2,17,18,19,20). The number of amides is 1. The second-order valence-corrected chi connectivity index (χ2v) is 5.48. The van der Waals surface area contributed by atoms with E-state index < -0.39 is 0 Å². The van der Waals surface area contributed by atoms with Gasteiger partial charge in [-0.1, -0.05) is 32.0 Å². The van der Waals surface area contributed by atoms with E-state index in [4.69, 9.17) is 23.8 Å². The maximum atomic E-state index is 11.6. The van der Waals surface area contributed by atoms with Crippen molar-refractivity contribution in [3.63, 3.8) is 0 Å². The molecular formula is C15H21ClN2OS. The second-order valence-electron chi connectivity index (χ2n) is 4.69. The SMILES string of the molecule is CCC(C)c1ccccc1NC(=S)NC(=O)CCCCl. The number of carbonyl (C=O) groups excluding carboxylic acids is 1. The molecule has 5 heteroatoms. The van der Waals surface area contributed by atoms with Gasteiger partial charge < -0.3 is 10.6 Å². The van der Waals surface area contributed by atoms with Crippen LogP contribution in [0.15, 0.2) is 24.3 Å². The first kappa shape index (κ1) is 16.9. The first-order valence-corrected chi connectivity index (χ1v) is 7.78. The average molecular weight is 313 g/mol. The van der Waals surface area contributed by atoms with Gasteiger partial charge in [0.15, 0.2) is 5.11 Å². The summed E-state index contributed by atoms with van der Waals surface area (Å²) in [7, 11) is 0. The predicted molar refractivity (Wildman–Crippen MR) is 89.5 cm³/mol. The van der Waals surface area contributed by atoms with Crippen LogP contribution < -0.4 is 10.6 Å². The first-order valence-electron chi connectivity index (χ1n) is 6.84. The lowest BCUT2D eigenvalue weighted by Crippen LogP contribution is -2.34. The number of alkyl halides is 1. The maximum Gasteiger partial charge on any atom is 0.226 e. The normalized spacial score (nSPS) is 11.8. The van der Waals surface area contributed by atoms with Crippen LogP contribution in [0, 0.1) is 0 Å². The predicted octanol–water partition coefficient (Wildman–Crippen LogP) is 4.03. The highest BCUT2D eigenvalue weighted by atomic mass is 35.5. The van der Waals surface area contributed by atoms with Crippen LogP contribution in [0.5, 0.6) is 0 Å². The van der Waals surface area contributed by atoms with Gasteiger partial charge in [0.05, 0.1) is 0 Å². The van der Waals surface area contributed by atoms with Crippen LogP contribution in [-0.4, -0.2) is 16.9 Å². The maximum absolute atomic E-state index is 11.6. The fraction of sp³-hybridized carbons (Fsp3) is 0.467. The molecule has 0 aromatic heterocycles. The van der Waals surface area contributed by atoms with Crippen molar-refractivity contribution in [2.75, 3.05) is 11.2 Å². The lowest BCUT2D eigenvalue weighted by atomic mass is 9.97. The van der Waals surface area contributed by atoms with Gasteiger partial charge in [0.1, 0.15) is 0 Å². The Morgan fingerprint density at radius 1 is 1.40 bits per heavy atom. The zero-order chi connectivity index (χ0) is 15.0. The third-order valence-corrected chi connectivity index (χ3v) is 3.61. The summed E-state index contributed by atoms with van der Waals surface area (Å²) in [5, 5.41) is 6.10. The fourth-order valence-electron chi connectivity index (χ4n) is 1.83. The molecule has 0 aliphatic carbocycles. The summed E-state index contributed by atoms with van der Waals surface area (Å²) < 4.78 is 0. The Morgan fingerprint density at radius 3 is 2.75 bits per heavy atom. The molecule has 0 radical (unpaired) electrons. The highest BCUT2D eigenvalue weighted by Gasteiger charge is 2.10. The van der Waals surface area contributed by atoms with Crippen molar-refractivity contribution in [3.8, 4) is 0 Å². The van der Waals surface area contributed by atoms with Crippen molar-refractivity contribution in [1.82, 2.24) is 5.32 Å². The molecule has 1 amide bonds. The van der Waals surface area contributed by atoms with E-state index in [9.17, 15) is 4.79 Å². The summed E-state index contributed by atoms with van der Waals surface area (Å²) in [6.07, 6.45) is 2.09. The van der Waals surface area contributed by atoms with E-state index in [1.807, 2.05) is 18.2 Å². The number of hydrogen-bond acceptors (Lipinski definition) is 2. The molecule has 2 N–H and O–H groups in total. The number of para-hydroxylation sites is 1.